The van der Waals surface area contributed by atoms with Gasteiger partial charge in [0.25, 0.3) is 0 Å². The maximum absolute atomic E-state index is 15.3. The monoisotopic (exact) mass is 695 g/mol. The van der Waals surface area contributed by atoms with Gasteiger partial charge in [0.05, 0.1) is 0 Å². The first kappa shape index (κ1) is 25.4. The summed E-state index contributed by atoms with van der Waals surface area (Å²) in [5.41, 5.74) is -0.0739. The molecule has 0 N–H and O–H groups in total. The van der Waals surface area contributed by atoms with Gasteiger partial charge < -0.3 is 0 Å². The van der Waals surface area contributed by atoms with Gasteiger partial charge in [-0.1, -0.05) is 0 Å². The molecule has 10 heteroatoms. The van der Waals surface area contributed by atoms with E-state index in [-0.39, 0.29) is 36.4 Å². The van der Waals surface area contributed by atoms with Crippen molar-refractivity contribution in [1.29, 1.82) is 0 Å². The Morgan fingerprint density at radius 2 is 1.11 bits per heavy atom. The molecule has 5 rings (SSSR count). The summed E-state index contributed by atoms with van der Waals surface area (Å²) in [7, 11) is 0. The second-order valence-electron chi connectivity index (χ2n) is 7.66. The molecular formula is C28H16F4IrN3O2. The van der Waals surface area contributed by atoms with E-state index in [0.717, 1.165) is 12.1 Å². The van der Waals surface area contributed by atoms with E-state index in [4.69, 9.17) is 3.50 Å². The first-order valence-corrected chi connectivity index (χ1v) is 14.4. The number of rotatable bonds is 6. The van der Waals surface area contributed by atoms with E-state index in [1.54, 1.807) is 36.4 Å². The summed E-state index contributed by atoms with van der Waals surface area (Å²) in [5.74, 6) is -4.74. The van der Waals surface area contributed by atoms with Crippen molar-refractivity contribution in [2.24, 2.45) is 0 Å². The standard InChI is InChI=1S/2C11H6F2N.C6H5NO2.Ir/c2*12-8-4-5-9(10(13)7-8)11-3-1-2-6-14-11;8-6(9)5-3-1-2-4-7-5;/h2*1-4,6-7H;1-4H,(H,8,9);/q;;;+1/p-1. The van der Waals surface area contributed by atoms with Crippen molar-refractivity contribution < 1.29 is 42.7 Å². The van der Waals surface area contributed by atoms with Crippen molar-refractivity contribution in [2.75, 3.05) is 0 Å². The number of aromatic nitrogens is 3. The normalized spacial score (nSPS) is 11.2. The number of hydrogen-bond acceptors (Lipinski definition) is 5. The number of nitrogens with zero attached hydrogens (tertiary/aromatic N) is 3. The minimum atomic E-state index is -4.03. The van der Waals surface area contributed by atoms with Gasteiger partial charge in [-0.2, -0.15) is 0 Å². The molecule has 0 radical (unpaired) electrons. The fourth-order valence-corrected chi connectivity index (χ4v) is 9.03. The van der Waals surface area contributed by atoms with Gasteiger partial charge in [0.15, 0.2) is 0 Å². The van der Waals surface area contributed by atoms with Gasteiger partial charge in [-0.05, 0) is 0 Å². The van der Waals surface area contributed by atoms with Gasteiger partial charge >= 0.3 is 221 Å². The fraction of sp³-hybridized carbons (Fsp3) is 0. The third-order valence-electron chi connectivity index (χ3n) is 5.15. The van der Waals surface area contributed by atoms with Crippen LogP contribution < -0.4 is 8.15 Å². The van der Waals surface area contributed by atoms with Crippen molar-refractivity contribution in [3.05, 3.63) is 126 Å². The Labute approximate surface area is 220 Å². The number of benzene rings is 2. The molecule has 0 saturated carbocycles. The zero-order chi connectivity index (χ0) is 26.6. The zero-order valence-corrected chi connectivity index (χ0v) is 21.6. The molecule has 0 fully saturated rings. The van der Waals surface area contributed by atoms with Crippen molar-refractivity contribution in [1.82, 2.24) is 15.0 Å². The number of carbonyl (C=O) groups excluding carboxylic acids is 1. The van der Waals surface area contributed by atoms with Crippen LogP contribution in [0.3, 0.4) is 0 Å². The molecule has 0 atom stereocenters. The van der Waals surface area contributed by atoms with Crippen molar-refractivity contribution in [3.8, 4) is 22.5 Å². The second-order valence-corrected chi connectivity index (χ2v) is 12.3. The first-order valence-electron chi connectivity index (χ1n) is 11.0. The van der Waals surface area contributed by atoms with E-state index in [9.17, 15) is 13.6 Å². The zero-order valence-electron chi connectivity index (χ0n) is 19.2. The average Bonchev–Trinajstić information content (AvgIpc) is 2.92. The summed E-state index contributed by atoms with van der Waals surface area (Å²) >= 11 is -4.03. The third-order valence-corrected chi connectivity index (χ3v) is 10.3. The van der Waals surface area contributed by atoms with Gasteiger partial charge in [-0.3, -0.25) is 0 Å². The van der Waals surface area contributed by atoms with Gasteiger partial charge in [0.2, 0.25) is 0 Å². The fourth-order valence-electron chi connectivity index (χ4n) is 3.55. The summed E-state index contributed by atoms with van der Waals surface area (Å²) in [6.45, 7) is 0. The van der Waals surface area contributed by atoms with Gasteiger partial charge in [-0.15, -0.1) is 0 Å². The average molecular weight is 695 g/mol. The minimum absolute atomic E-state index is 0.0485. The van der Waals surface area contributed by atoms with E-state index in [2.05, 4.69) is 15.0 Å². The van der Waals surface area contributed by atoms with E-state index in [1.165, 1.54) is 36.8 Å². The molecule has 0 bridgehead atoms. The maximum atomic E-state index is 15.3. The second kappa shape index (κ2) is 11.0. The van der Waals surface area contributed by atoms with Crippen LogP contribution in [0.1, 0.15) is 10.5 Å². The van der Waals surface area contributed by atoms with E-state index < -0.39 is 46.1 Å². The molecule has 0 amide bonds. The van der Waals surface area contributed by atoms with E-state index in [1.807, 2.05) is 0 Å². The summed E-state index contributed by atoms with van der Waals surface area (Å²) in [4.78, 5) is 25.5. The molecule has 0 aliphatic rings. The van der Waals surface area contributed by atoms with Crippen LogP contribution in [0.15, 0.2) is 97.5 Å². The van der Waals surface area contributed by atoms with Crippen molar-refractivity contribution in [2.45, 2.75) is 0 Å². The predicted octanol–water partition coefficient (Wildman–Crippen LogP) is 5.10. The summed E-state index contributed by atoms with van der Waals surface area (Å²) < 4.78 is 65.9. The number of halogens is 4. The summed E-state index contributed by atoms with van der Waals surface area (Å²) in [6.07, 6.45) is 4.21. The molecular weight excluding hydrogens is 679 g/mol. The van der Waals surface area contributed by atoms with Crippen LogP contribution in [0, 0.1) is 23.3 Å². The Balaban J connectivity index is 1.80. The number of carbonyl (C=O) groups is 1. The topological polar surface area (TPSA) is 65.0 Å². The molecule has 192 valence electrons. The van der Waals surface area contributed by atoms with Gasteiger partial charge in [-0.25, -0.2) is 0 Å². The molecule has 0 spiro atoms. The molecule has 0 aliphatic carbocycles. The molecule has 0 unspecified atom stereocenters. The van der Waals surface area contributed by atoms with Crippen LogP contribution in [0.25, 0.3) is 22.5 Å². The molecule has 3 aromatic heterocycles. The van der Waals surface area contributed by atoms with Gasteiger partial charge in [0.1, 0.15) is 0 Å². The molecule has 0 aliphatic heterocycles. The summed E-state index contributed by atoms with van der Waals surface area (Å²) in [5, 5.41) is 0. The third kappa shape index (κ3) is 5.22. The van der Waals surface area contributed by atoms with E-state index >= 15 is 8.78 Å². The molecule has 5 nitrogen and oxygen atoms in total. The Hall–Kier alpha value is -4.27. The number of hydrogen-bond donors (Lipinski definition) is 0. The van der Waals surface area contributed by atoms with Crippen molar-refractivity contribution >= 4 is 14.1 Å². The number of pyridine rings is 3. The Kier molecular flexibility index (Phi) is 7.35. The van der Waals surface area contributed by atoms with Crippen LogP contribution >= 0.6 is 0 Å². The summed E-state index contributed by atoms with van der Waals surface area (Å²) in [6, 6.07) is 17.4. The predicted molar refractivity (Wildman–Crippen MR) is 128 cm³/mol. The Morgan fingerprint density at radius 3 is 1.53 bits per heavy atom. The van der Waals surface area contributed by atoms with Crippen LogP contribution in [-0.4, -0.2) is 20.9 Å². The quantitative estimate of drug-likeness (QED) is 0.232. The SMILES string of the molecule is O=C([O][Ir]([c]1cc(F)cc(F)c1-c1ccccn1)[c]1cc(F)cc(F)c1-c1ccccn1)c1ccccn1. The Morgan fingerprint density at radius 1 is 0.632 bits per heavy atom. The molecule has 38 heavy (non-hydrogen) atoms. The molecule has 3 heterocycles. The first-order chi connectivity index (χ1) is 18.4. The molecule has 0 saturated heterocycles. The Bertz CT molecular complexity index is 1510. The van der Waals surface area contributed by atoms with Gasteiger partial charge in [0, 0.05) is 0 Å². The molecule has 2 aromatic carbocycles. The molecule has 5 aromatic rings. The van der Waals surface area contributed by atoms with Crippen LogP contribution in [0.4, 0.5) is 17.6 Å². The van der Waals surface area contributed by atoms with Crippen LogP contribution in [0.5, 0.6) is 0 Å². The van der Waals surface area contributed by atoms with Crippen molar-refractivity contribution in [3.63, 3.8) is 0 Å². The van der Waals surface area contributed by atoms with Crippen LogP contribution in [-0.2, 0) is 20.4 Å². The van der Waals surface area contributed by atoms with Crippen LogP contribution in [0.2, 0.25) is 0 Å². The van der Waals surface area contributed by atoms with E-state index in [0.29, 0.717) is 12.1 Å².